The third-order valence-corrected chi connectivity index (χ3v) is 5.48. The van der Waals surface area contributed by atoms with E-state index in [-0.39, 0.29) is 6.54 Å². The van der Waals surface area contributed by atoms with Crippen LogP contribution < -0.4 is 0 Å². The predicted octanol–water partition coefficient (Wildman–Crippen LogP) is 6.10. The van der Waals surface area contributed by atoms with Gasteiger partial charge in [-0.3, -0.25) is 4.79 Å². The smallest absolute Gasteiger partial charge is 0.394 e. The molecule has 4 nitrogen and oxygen atoms in total. The molecule has 0 unspecified atom stereocenters. The maximum absolute atomic E-state index is 12.2. The first-order valence-corrected chi connectivity index (χ1v) is 11.7. The summed E-state index contributed by atoms with van der Waals surface area (Å²) in [6.45, 7) is 2.75. The number of benzene rings is 2. The summed E-state index contributed by atoms with van der Waals surface area (Å²) < 4.78 is 0. The maximum atomic E-state index is 12.2. The minimum absolute atomic E-state index is 0.233. The second-order valence-corrected chi connectivity index (χ2v) is 8.36. The summed E-state index contributed by atoms with van der Waals surface area (Å²) in [5.74, 6) is 4.05. The van der Waals surface area contributed by atoms with Crippen molar-refractivity contribution in [2.45, 2.75) is 64.8 Å². The Balaban J connectivity index is 1.89. The highest BCUT2D eigenvalue weighted by Gasteiger charge is 2.21. The fourth-order valence-electron chi connectivity index (χ4n) is 3.42. The molecule has 0 aliphatic rings. The molecule has 0 atom stereocenters. The van der Waals surface area contributed by atoms with Crippen LogP contribution in [0.25, 0.3) is 0 Å². The summed E-state index contributed by atoms with van der Waals surface area (Å²) in [6, 6.07) is 15.0. The Labute approximate surface area is 196 Å². The molecule has 0 spiro atoms. The summed E-state index contributed by atoms with van der Waals surface area (Å²) in [4.78, 5) is 24.8. The Morgan fingerprint density at radius 2 is 1.69 bits per heavy atom. The highest BCUT2D eigenvalue weighted by atomic mass is 35.5. The molecule has 5 heteroatoms. The average molecular weight is 454 g/mol. The molecule has 2 aromatic carbocycles. The Hall–Kier alpha value is -2.77. The lowest BCUT2D eigenvalue weighted by Gasteiger charge is -2.21. The van der Waals surface area contributed by atoms with E-state index in [9.17, 15) is 14.7 Å². The molecule has 0 fully saturated rings. The lowest BCUT2D eigenvalue weighted by Crippen LogP contribution is -2.37. The zero-order valence-electron chi connectivity index (χ0n) is 18.8. The zero-order valence-corrected chi connectivity index (χ0v) is 19.5. The van der Waals surface area contributed by atoms with Gasteiger partial charge in [-0.25, -0.2) is 4.79 Å². The second-order valence-electron chi connectivity index (χ2n) is 7.93. The van der Waals surface area contributed by atoms with Crippen molar-refractivity contribution in [3.05, 3.63) is 70.2 Å². The number of carboxylic acids is 1. The van der Waals surface area contributed by atoms with Crippen LogP contribution in [0.2, 0.25) is 5.02 Å². The van der Waals surface area contributed by atoms with Gasteiger partial charge in [0, 0.05) is 30.1 Å². The van der Waals surface area contributed by atoms with Crippen LogP contribution in [0.15, 0.2) is 48.5 Å². The number of carbonyl (C=O) groups is 2. The second kappa shape index (κ2) is 14.3. The van der Waals surface area contributed by atoms with Crippen molar-refractivity contribution < 1.29 is 14.7 Å². The molecule has 0 heterocycles. The van der Waals surface area contributed by atoms with E-state index in [1.807, 2.05) is 42.5 Å². The first-order chi connectivity index (χ1) is 15.5. The Kier molecular flexibility index (Phi) is 11.4. The molecule has 1 N–H and O–H groups in total. The number of amides is 1. The van der Waals surface area contributed by atoms with E-state index in [0.29, 0.717) is 18.0 Å². The third-order valence-electron chi connectivity index (χ3n) is 5.25. The molecule has 2 aromatic rings. The van der Waals surface area contributed by atoms with E-state index in [0.717, 1.165) is 29.5 Å². The highest BCUT2D eigenvalue weighted by molar-refractivity contribution is 6.31. The Bertz CT molecular complexity index is 928. The topological polar surface area (TPSA) is 57.6 Å². The Morgan fingerprint density at radius 1 is 0.969 bits per heavy atom. The molecular formula is C27H32ClNO3. The van der Waals surface area contributed by atoms with Crippen LogP contribution in [-0.2, 0) is 22.6 Å². The van der Waals surface area contributed by atoms with E-state index in [2.05, 4.69) is 18.8 Å². The predicted molar refractivity (Wildman–Crippen MR) is 130 cm³/mol. The molecule has 1 amide bonds. The summed E-state index contributed by atoms with van der Waals surface area (Å²) in [5, 5.41) is 9.80. The van der Waals surface area contributed by atoms with Crippen molar-refractivity contribution in [2.75, 3.05) is 6.54 Å². The number of carbonyl (C=O) groups excluding carboxylic acids is 1. The number of halogens is 1. The van der Waals surface area contributed by atoms with Crippen LogP contribution >= 0.6 is 11.6 Å². The fraction of sp³-hybridized carbons (Fsp3) is 0.407. The molecule has 0 bridgehead atoms. The first kappa shape index (κ1) is 25.5. The quantitative estimate of drug-likeness (QED) is 0.254. The molecule has 0 radical (unpaired) electrons. The van der Waals surface area contributed by atoms with Crippen LogP contribution in [0.5, 0.6) is 0 Å². The van der Waals surface area contributed by atoms with Crippen molar-refractivity contribution in [3.63, 3.8) is 0 Å². The van der Waals surface area contributed by atoms with Crippen molar-refractivity contribution in [1.82, 2.24) is 4.90 Å². The lowest BCUT2D eigenvalue weighted by atomic mass is 10.1. The summed E-state index contributed by atoms with van der Waals surface area (Å²) in [6.07, 6.45) is 8.97. The van der Waals surface area contributed by atoms with Crippen molar-refractivity contribution in [3.8, 4) is 11.8 Å². The van der Waals surface area contributed by atoms with Gasteiger partial charge >= 0.3 is 11.9 Å². The van der Waals surface area contributed by atoms with Gasteiger partial charge in [-0.05, 0) is 48.2 Å². The van der Waals surface area contributed by atoms with Gasteiger partial charge in [0.05, 0.1) is 0 Å². The van der Waals surface area contributed by atoms with E-state index in [1.165, 1.54) is 37.0 Å². The number of rotatable bonds is 11. The van der Waals surface area contributed by atoms with E-state index < -0.39 is 11.9 Å². The van der Waals surface area contributed by atoms with Crippen LogP contribution in [0.3, 0.4) is 0 Å². The fourth-order valence-corrected chi connectivity index (χ4v) is 3.63. The van der Waals surface area contributed by atoms with Gasteiger partial charge in [0.1, 0.15) is 0 Å². The first-order valence-electron chi connectivity index (χ1n) is 11.3. The van der Waals surface area contributed by atoms with Crippen LogP contribution in [0, 0.1) is 11.8 Å². The molecule has 0 saturated carbocycles. The monoisotopic (exact) mass is 453 g/mol. The van der Waals surface area contributed by atoms with Crippen molar-refractivity contribution >= 4 is 23.5 Å². The number of hydrogen-bond donors (Lipinski definition) is 1. The van der Waals surface area contributed by atoms with E-state index >= 15 is 0 Å². The number of nitrogens with zero attached hydrogens (tertiary/aromatic N) is 1. The van der Waals surface area contributed by atoms with Crippen LogP contribution in [0.1, 0.15) is 68.6 Å². The van der Waals surface area contributed by atoms with Gasteiger partial charge in [-0.1, -0.05) is 86.7 Å². The van der Waals surface area contributed by atoms with Crippen LogP contribution in [0.4, 0.5) is 0 Å². The number of hydrogen-bond acceptors (Lipinski definition) is 2. The van der Waals surface area contributed by atoms with Gasteiger partial charge in [0.15, 0.2) is 0 Å². The SMILES string of the molecule is CCCCCCCCC#Cc1ccc(CN(CCc2cccc(Cl)c2)C(=O)C(=O)O)cc1. The Morgan fingerprint density at radius 3 is 2.38 bits per heavy atom. The van der Waals surface area contributed by atoms with Gasteiger partial charge in [0.2, 0.25) is 0 Å². The molecule has 32 heavy (non-hydrogen) atoms. The van der Waals surface area contributed by atoms with Gasteiger partial charge < -0.3 is 10.0 Å². The molecule has 0 aliphatic heterocycles. The standard InChI is InChI=1S/C27H32ClNO3/c1-2-3-4-5-6-7-8-9-11-22-14-16-24(17-15-22)21-29(26(30)27(31)32)19-18-23-12-10-13-25(28)20-23/h10,12-17,20H,2-8,18-19,21H2,1H3,(H,31,32). The van der Waals surface area contributed by atoms with E-state index in [4.69, 9.17) is 11.6 Å². The number of carboxylic acid groups (broad SMARTS) is 1. The van der Waals surface area contributed by atoms with E-state index in [1.54, 1.807) is 6.07 Å². The zero-order chi connectivity index (χ0) is 23.2. The number of unbranched alkanes of at least 4 members (excludes halogenated alkanes) is 6. The summed E-state index contributed by atoms with van der Waals surface area (Å²) in [5.41, 5.74) is 2.75. The third kappa shape index (κ3) is 9.58. The molecule has 0 aromatic heterocycles. The molecule has 0 aliphatic carbocycles. The van der Waals surface area contributed by atoms with Crippen molar-refractivity contribution in [2.24, 2.45) is 0 Å². The minimum Gasteiger partial charge on any atom is -0.474 e. The highest BCUT2D eigenvalue weighted by Crippen LogP contribution is 2.13. The molecule has 170 valence electrons. The average Bonchev–Trinajstić information content (AvgIpc) is 2.79. The largest absolute Gasteiger partial charge is 0.474 e. The summed E-state index contributed by atoms with van der Waals surface area (Å²) >= 11 is 6.01. The summed E-state index contributed by atoms with van der Waals surface area (Å²) in [7, 11) is 0. The van der Waals surface area contributed by atoms with Crippen LogP contribution in [-0.4, -0.2) is 28.4 Å². The normalized spacial score (nSPS) is 10.3. The lowest BCUT2D eigenvalue weighted by molar-refractivity contribution is -0.156. The molecule has 2 rings (SSSR count). The van der Waals surface area contributed by atoms with Gasteiger partial charge in [0.25, 0.3) is 0 Å². The maximum Gasteiger partial charge on any atom is 0.394 e. The van der Waals surface area contributed by atoms with Gasteiger partial charge in [-0.2, -0.15) is 0 Å². The molecule has 0 saturated heterocycles. The van der Waals surface area contributed by atoms with Gasteiger partial charge in [-0.15, -0.1) is 0 Å². The van der Waals surface area contributed by atoms with Crippen molar-refractivity contribution in [1.29, 1.82) is 0 Å². The molecular weight excluding hydrogens is 422 g/mol. The number of aliphatic carboxylic acids is 1. The minimum atomic E-state index is -1.45.